The number of nitrogens with zero attached hydrogens (tertiary/aromatic N) is 7. The van der Waals surface area contributed by atoms with E-state index in [1.165, 1.54) is 10.9 Å². The van der Waals surface area contributed by atoms with Crippen molar-refractivity contribution in [2.24, 2.45) is 0 Å². The summed E-state index contributed by atoms with van der Waals surface area (Å²) in [5.41, 5.74) is 1.88. The SMILES string of the molecule is Cc1nn([C@@H](C)c2nc3c4ccccc4ncn3n2)cc1[N+](=O)[O-]. The van der Waals surface area contributed by atoms with Gasteiger partial charge in [-0.2, -0.15) is 5.10 Å². The minimum absolute atomic E-state index is 0.0160. The van der Waals surface area contributed by atoms with Gasteiger partial charge in [0.15, 0.2) is 11.5 Å². The number of benzene rings is 1. The molecule has 1 aromatic carbocycles. The van der Waals surface area contributed by atoms with Gasteiger partial charge in [0.1, 0.15) is 24.3 Å². The average Bonchev–Trinajstić information content (AvgIpc) is 3.18. The zero-order valence-electron chi connectivity index (χ0n) is 13.0. The molecular weight excluding hydrogens is 310 g/mol. The Kier molecular flexibility index (Phi) is 3.02. The van der Waals surface area contributed by atoms with E-state index in [1.807, 2.05) is 31.2 Å². The third kappa shape index (κ3) is 2.09. The number of hydrogen-bond acceptors (Lipinski definition) is 6. The van der Waals surface area contributed by atoms with Crippen LogP contribution < -0.4 is 0 Å². The summed E-state index contributed by atoms with van der Waals surface area (Å²) in [4.78, 5) is 19.5. The van der Waals surface area contributed by atoms with Gasteiger partial charge in [0.2, 0.25) is 0 Å². The van der Waals surface area contributed by atoms with Gasteiger partial charge in [-0.15, -0.1) is 5.10 Å². The summed E-state index contributed by atoms with van der Waals surface area (Å²) >= 11 is 0. The number of fused-ring (bicyclic) bond motifs is 3. The maximum Gasteiger partial charge on any atom is 0.309 e. The highest BCUT2D eigenvalue weighted by Gasteiger charge is 2.21. The molecule has 0 unspecified atom stereocenters. The smallest absolute Gasteiger partial charge is 0.258 e. The first kappa shape index (κ1) is 14.2. The van der Waals surface area contributed by atoms with Gasteiger partial charge in [-0.1, -0.05) is 12.1 Å². The van der Waals surface area contributed by atoms with Crippen LogP contribution in [0.4, 0.5) is 5.69 Å². The van der Waals surface area contributed by atoms with Crippen LogP contribution in [-0.4, -0.2) is 34.3 Å². The molecule has 0 aliphatic carbocycles. The number of rotatable bonds is 3. The molecule has 4 aromatic rings. The summed E-state index contributed by atoms with van der Waals surface area (Å²) in [5.74, 6) is 0.519. The van der Waals surface area contributed by atoms with Crippen LogP contribution in [0.2, 0.25) is 0 Å². The number of aromatic nitrogens is 6. The molecule has 0 saturated heterocycles. The van der Waals surface area contributed by atoms with Crippen LogP contribution in [0, 0.1) is 17.0 Å². The van der Waals surface area contributed by atoms with Crippen molar-refractivity contribution in [1.29, 1.82) is 0 Å². The van der Waals surface area contributed by atoms with Crippen molar-refractivity contribution < 1.29 is 4.92 Å². The number of hydrogen-bond donors (Lipinski definition) is 0. The Hall–Kier alpha value is -3.36. The predicted molar refractivity (Wildman–Crippen MR) is 85.7 cm³/mol. The molecule has 3 aromatic heterocycles. The van der Waals surface area contributed by atoms with Gasteiger partial charge in [0.05, 0.1) is 10.4 Å². The lowest BCUT2D eigenvalue weighted by molar-refractivity contribution is -0.385. The molecule has 0 spiro atoms. The van der Waals surface area contributed by atoms with Gasteiger partial charge in [0.25, 0.3) is 0 Å². The number of aryl methyl sites for hydroxylation is 1. The fourth-order valence-electron chi connectivity index (χ4n) is 2.64. The maximum absolute atomic E-state index is 11.0. The third-order valence-electron chi connectivity index (χ3n) is 3.96. The normalized spacial score (nSPS) is 12.8. The van der Waals surface area contributed by atoms with Crippen LogP contribution >= 0.6 is 0 Å². The van der Waals surface area contributed by atoms with Gasteiger partial charge in [0, 0.05) is 5.39 Å². The second-order valence-corrected chi connectivity index (χ2v) is 5.51. The lowest BCUT2D eigenvalue weighted by Crippen LogP contribution is -2.09. The van der Waals surface area contributed by atoms with Gasteiger partial charge in [-0.05, 0) is 26.0 Å². The van der Waals surface area contributed by atoms with Gasteiger partial charge >= 0.3 is 5.69 Å². The lowest BCUT2D eigenvalue weighted by Gasteiger charge is -2.06. The van der Waals surface area contributed by atoms with E-state index in [0.717, 1.165) is 10.9 Å². The molecule has 0 bridgehead atoms. The van der Waals surface area contributed by atoms with Crippen molar-refractivity contribution in [3.8, 4) is 0 Å². The van der Waals surface area contributed by atoms with Crippen LogP contribution in [0.5, 0.6) is 0 Å². The second kappa shape index (κ2) is 5.08. The molecule has 0 aliphatic heterocycles. The summed E-state index contributed by atoms with van der Waals surface area (Å²) in [5, 5.41) is 20.5. The molecule has 0 saturated carbocycles. The molecule has 9 nitrogen and oxygen atoms in total. The van der Waals surface area contributed by atoms with Crippen molar-refractivity contribution in [1.82, 2.24) is 29.4 Å². The third-order valence-corrected chi connectivity index (χ3v) is 3.96. The van der Waals surface area contributed by atoms with E-state index in [-0.39, 0.29) is 11.7 Å². The van der Waals surface area contributed by atoms with E-state index in [9.17, 15) is 10.1 Å². The Morgan fingerprint density at radius 2 is 2.04 bits per heavy atom. The van der Waals surface area contributed by atoms with Crippen molar-refractivity contribution >= 4 is 22.2 Å². The first-order chi connectivity index (χ1) is 11.5. The van der Waals surface area contributed by atoms with Crippen LogP contribution in [0.3, 0.4) is 0 Å². The Labute approximate surface area is 135 Å². The monoisotopic (exact) mass is 323 g/mol. The largest absolute Gasteiger partial charge is 0.309 e. The van der Waals surface area contributed by atoms with E-state index in [1.54, 1.807) is 17.8 Å². The molecule has 120 valence electrons. The topological polar surface area (TPSA) is 104 Å². The van der Waals surface area contributed by atoms with Crippen molar-refractivity contribution in [2.45, 2.75) is 19.9 Å². The van der Waals surface area contributed by atoms with E-state index < -0.39 is 4.92 Å². The Bertz CT molecular complexity index is 1080. The molecule has 3 heterocycles. The Balaban J connectivity index is 1.82. The Morgan fingerprint density at radius 1 is 1.25 bits per heavy atom. The van der Waals surface area contributed by atoms with Crippen molar-refractivity contribution in [3.05, 3.63) is 58.4 Å². The predicted octanol–water partition coefficient (Wildman–Crippen LogP) is 2.30. The highest BCUT2D eigenvalue weighted by Crippen LogP contribution is 2.23. The molecule has 0 fully saturated rings. The summed E-state index contributed by atoms with van der Waals surface area (Å²) < 4.78 is 3.12. The van der Waals surface area contributed by atoms with Gasteiger partial charge in [-0.25, -0.2) is 14.5 Å². The Morgan fingerprint density at radius 3 is 2.79 bits per heavy atom. The van der Waals surface area contributed by atoms with E-state index in [2.05, 4.69) is 20.2 Å². The summed E-state index contributed by atoms with van der Waals surface area (Å²) in [6, 6.07) is 7.34. The fourth-order valence-corrected chi connectivity index (χ4v) is 2.64. The van der Waals surface area contributed by atoms with Crippen molar-refractivity contribution in [3.63, 3.8) is 0 Å². The molecular formula is C15H13N7O2. The van der Waals surface area contributed by atoms with Gasteiger partial charge < -0.3 is 0 Å². The zero-order valence-corrected chi connectivity index (χ0v) is 13.0. The molecule has 0 amide bonds. The second-order valence-electron chi connectivity index (χ2n) is 5.51. The van der Waals surface area contributed by atoms with Crippen LogP contribution in [0.15, 0.2) is 36.8 Å². The van der Waals surface area contributed by atoms with Crippen LogP contribution in [-0.2, 0) is 0 Å². The summed E-state index contributed by atoms with van der Waals surface area (Å²) in [7, 11) is 0. The van der Waals surface area contributed by atoms with E-state index in [4.69, 9.17) is 0 Å². The molecule has 24 heavy (non-hydrogen) atoms. The first-order valence-electron chi connectivity index (χ1n) is 7.35. The first-order valence-corrected chi connectivity index (χ1v) is 7.35. The summed E-state index contributed by atoms with van der Waals surface area (Å²) in [6.07, 6.45) is 3.01. The minimum atomic E-state index is -0.444. The number of para-hydroxylation sites is 1. The minimum Gasteiger partial charge on any atom is -0.258 e. The molecule has 1 atom stereocenters. The summed E-state index contributed by atoms with van der Waals surface area (Å²) in [6.45, 7) is 3.45. The maximum atomic E-state index is 11.0. The highest BCUT2D eigenvalue weighted by atomic mass is 16.6. The average molecular weight is 323 g/mol. The standard InChI is InChI=1S/C15H13N7O2/c1-9-13(22(23)24)7-20(18-9)10(2)14-17-15-11-5-3-4-6-12(11)16-8-21(15)19-14/h3-8,10H,1-2H3/t10-/m0/s1. The van der Waals surface area contributed by atoms with E-state index >= 15 is 0 Å². The molecule has 0 aliphatic rings. The molecule has 0 radical (unpaired) electrons. The van der Waals surface area contributed by atoms with Crippen molar-refractivity contribution in [2.75, 3.05) is 0 Å². The molecule has 4 rings (SSSR count). The molecule has 9 heteroatoms. The van der Waals surface area contributed by atoms with Crippen LogP contribution in [0.1, 0.15) is 24.5 Å². The lowest BCUT2D eigenvalue weighted by atomic mass is 10.2. The van der Waals surface area contributed by atoms with Crippen LogP contribution in [0.25, 0.3) is 16.6 Å². The quantitative estimate of drug-likeness (QED) is 0.423. The van der Waals surface area contributed by atoms with Gasteiger partial charge in [-0.3, -0.25) is 14.8 Å². The number of nitro groups is 1. The molecule has 0 N–H and O–H groups in total. The van der Waals surface area contributed by atoms with E-state index in [0.29, 0.717) is 17.2 Å². The fraction of sp³-hybridized carbons (Fsp3) is 0.200. The highest BCUT2D eigenvalue weighted by molar-refractivity contribution is 5.90. The zero-order chi connectivity index (χ0) is 16.8.